The molecule has 0 spiro atoms. The molecule has 1 amide bonds. The Kier molecular flexibility index (Phi) is 4.50. The monoisotopic (exact) mass is 386 g/mol. The van der Waals surface area contributed by atoms with Crippen molar-refractivity contribution in [3.05, 3.63) is 65.2 Å². The van der Waals surface area contributed by atoms with Crippen molar-refractivity contribution in [2.45, 2.75) is 11.7 Å². The molecule has 3 aromatic rings. The van der Waals surface area contributed by atoms with Crippen molar-refractivity contribution in [2.24, 2.45) is 0 Å². The summed E-state index contributed by atoms with van der Waals surface area (Å²) in [6, 6.07) is 14.7. The van der Waals surface area contributed by atoms with E-state index in [0.717, 1.165) is 15.8 Å². The molecule has 26 heavy (non-hydrogen) atoms. The Hall–Kier alpha value is -2.25. The van der Waals surface area contributed by atoms with Crippen molar-refractivity contribution < 1.29 is 13.2 Å². The van der Waals surface area contributed by atoms with Gasteiger partial charge in [-0.2, -0.15) is 0 Å². The fourth-order valence-electron chi connectivity index (χ4n) is 3.36. The maximum absolute atomic E-state index is 12.9. The van der Waals surface area contributed by atoms with Gasteiger partial charge in [0.05, 0.1) is 26.7 Å². The molecule has 5 nitrogen and oxygen atoms in total. The van der Waals surface area contributed by atoms with Crippen molar-refractivity contribution in [3.8, 4) is 0 Å². The number of thiazole rings is 1. The summed E-state index contributed by atoms with van der Waals surface area (Å²) in [5.74, 6) is -0.134. The molecule has 0 radical (unpaired) electrons. The highest BCUT2D eigenvalue weighted by molar-refractivity contribution is 7.91. The van der Waals surface area contributed by atoms with E-state index in [1.54, 1.807) is 16.5 Å². The number of benzene rings is 2. The number of carbonyl (C=O) groups excluding carboxylic acids is 1. The highest BCUT2D eigenvalue weighted by Crippen LogP contribution is 2.30. The first-order chi connectivity index (χ1) is 12.5. The lowest BCUT2D eigenvalue weighted by atomic mass is 10.1. The lowest BCUT2D eigenvalue weighted by Crippen LogP contribution is -2.33. The van der Waals surface area contributed by atoms with E-state index >= 15 is 0 Å². The zero-order valence-electron chi connectivity index (χ0n) is 14.0. The van der Waals surface area contributed by atoms with E-state index in [4.69, 9.17) is 0 Å². The van der Waals surface area contributed by atoms with Gasteiger partial charge in [0.25, 0.3) is 5.91 Å². The van der Waals surface area contributed by atoms with Crippen LogP contribution in [0, 0.1) is 0 Å². The number of hydrogen-bond donors (Lipinski definition) is 0. The van der Waals surface area contributed by atoms with Crippen LogP contribution in [0.3, 0.4) is 0 Å². The van der Waals surface area contributed by atoms with Gasteiger partial charge >= 0.3 is 0 Å². The zero-order chi connectivity index (χ0) is 18.1. The normalized spacial score (nSPS) is 20.0. The Morgan fingerprint density at radius 2 is 1.92 bits per heavy atom. The summed E-state index contributed by atoms with van der Waals surface area (Å²) in [4.78, 5) is 18.8. The molecule has 0 aliphatic carbocycles. The van der Waals surface area contributed by atoms with Crippen LogP contribution < -0.4 is 0 Å². The minimum absolute atomic E-state index is 0.0128. The zero-order valence-corrected chi connectivity index (χ0v) is 15.7. The molecule has 2 heterocycles. The molecule has 2 aromatic carbocycles. The number of hydrogen-bond acceptors (Lipinski definition) is 5. The molecule has 7 heteroatoms. The second kappa shape index (κ2) is 6.81. The van der Waals surface area contributed by atoms with E-state index in [1.807, 2.05) is 42.5 Å². The summed E-state index contributed by atoms with van der Waals surface area (Å²) >= 11 is 1.49. The Labute approximate surface area is 156 Å². The van der Waals surface area contributed by atoms with Crippen LogP contribution in [-0.2, 0) is 9.84 Å². The fourth-order valence-corrected chi connectivity index (χ4v) is 5.87. The van der Waals surface area contributed by atoms with Gasteiger partial charge in [-0.3, -0.25) is 4.79 Å². The molecule has 1 aliphatic heterocycles. The first-order valence-electron chi connectivity index (χ1n) is 8.44. The number of fused-ring (bicyclic) bond motifs is 1. The third-order valence-electron chi connectivity index (χ3n) is 4.78. The van der Waals surface area contributed by atoms with Crippen LogP contribution in [0.25, 0.3) is 10.2 Å². The van der Waals surface area contributed by atoms with Crippen LogP contribution >= 0.6 is 11.3 Å². The van der Waals surface area contributed by atoms with Gasteiger partial charge in [0, 0.05) is 18.7 Å². The van der Waals surface area contributed by atoms with E-state index in [9.17, 15) is 13.2 Å². The van der Waals surface area contributed by atoms with Gasteiger partial charge in [0.2, 0.25) is 0 Å². The number of sulfone groups is 1. The van der Waals surface area contributed by atoms with Crippen LogP contribution in [0.1, 0.15) is 27.6 Å². The van der Waals surface area contributed by atoms with Gasteiger partial charge < -0.3 is 4.90 Å². The van der Waals surface area contributed by atoms with Gasteiger partial charge in [-0.05, 0) is 30.2 Å². The van der Waals surface area contributed by atoms with Crippen molar-refractivity contribution in [3.63, 3.8) is 0 Å². The fraction of sp³-hybridized carbons (Fsp3) is 0.263. The van der Waals surface area contributed by atoms with Crippen LogP contribution in [0.2, 0.25) is 0 Å². The third kappa shape index (κ3) is 3.24. The molecule has 0 N–H and O–H groups in total. The molecular weight excluding hydrogens is 368 g/mol. The Morgan fingerprint density at radius 3 is 2.73 bits per heavy atom. The topological polar surface area (TPSA) is 67.3 Å². The van der Waals surface area contributed by atoms with E-state index < -0.39 is 15.1 Å². The number of aromatic nitrogens is 1. The molecule has 0 saturated carbocycles. The predicted octanol–water partition coefficient (Wildman–Crippen LogP) is 3.30. The van der Waals surface area contributed by atoms with Crippen molar-refractivity contribution in [1.82, 2.24) is 9.88 Å². The van der Waals surface area contributed by atoms with Crippen molar-refractivity contribution in [1.29, 1.82) is 0 Å². The average Bonchev–Trinajstić information content (AvgIpc) is 3.05. The van der Waals surface area contributed by atoms with Gasteiger partial charge in [-0.15, -0.1) is 11.3 Å². The molecule has 1 atom stereocenters. The summed E-state index contributed by atoms with van der Waals surface area (Å²) in [5, 5.41) is -0.550. The summed E-state index contributed by atoms with van der Waals surface area (Å²) in [6.45, 7) is 0.656. The Morgan fingerprint density at radius 1 is 1.12 bits per heavy atom. The van der Waals surface area contributed by atoms with Crippen LogP contribution in [-0.4, -0.2) is 43.1 Å². The minimum atomic E-state index is -3.29. The minimum Gasteiger partial charge on any atom is -0.338 e. The number of amides is 1. The first kappa shape index (κ1) is 17.2. The second-order valence-electron chi connectivity index (χ2n) is 6.38. The molecule has 1 aliphatic rings. The summed E-state index contributed by atoms with van der Waals surface area (Å²) < 4.78 is 26.4. The molecule has 1 fully saturated rings. The Bertz CT molecular complexity index is 1040. The third-order valence-corrected chi connectivity index (χ3v) is 7.70. The number of nitrogens with zero attached hydrogens (tertiary/aromatic N) is 2. The van der Waals surface area contributed by atoms with Crippen molar-refractivity contribution in [2.75, 3.05) is 18.8 Å². The van der Waals surface area contributed by atoms with Crippen LogP contribution in [0.15, 0.2) is 54.0 Å². The highest BCUT2D eigenvalue weighted by Gasteiger charge is 2.32. The molecule has 134 valence electrons. The van der Waals surface area contributed by atoms with E-state index in [-0.39, 0.29) is 18.2 Å². The maximum atomic E-state index is 12.9. The van der Waals surface area contributed by atoms with E-state index in [1.165, 1.54) is 11.3 Å². The van der Waals surface area contributed by atoms with E-state index in [0.29, 0.717) is 18.5 Å². The number of carbonyl (C=O) groups is 1. The highest BCUT2D eigenvalue weighted by atomic mass is 32.2. The molecule has 4 rings (SSSR count). The summed E-state index contributed by atoms with van der Waals surface area (Å²) in [7, 11) is -3.29. The van der Waals surface area contributed by atoms with Crippen LogP contribution in [0.5, 0.6) is 0 Å². The largest absolute Gasteiger partial charge is 0.338 e. The molecule has 1 unspecified atom stereocenters. The maximum Gasteiger partial charge on any atom is 0.253 e. The molecule has 1 aromatic heterocycles. The molecule has 0 bridgehead atoms. The standard InChI is InChI=1S/C19H18N2O3S2/c22-19(15-6-7-16-17(12-15)25-13-20-16)21-9-8-18(26(23,24)11-10-21)14-4-2-1-3-5-14/h1-7,12-13,18H,8-11H2. The molecular formula is C19H18N2O3S2. The van der Waals surface area contributed by atoms with Gasteiger partial charge in [-0.25, -0.2) is 13.4 Å². The van der Waals surface area contributed by atoms with Crippen molar-refractivity contribution >= 4 is 37.3 Å². The average molecular weight is 386 g/mol. The first-order valence-corrected chi connectivity index (χ1v) is 11.0. The van der Waals surface area contributed by atoms with E-state index in [2.05, 4.69) is 4.98 Å². The Balaban J connectivity index is 1.58. The summed E-state index contributed by atoms with van der Waals surface area (Å²) in [6.07, 6.45) is 0.418. The molecule has 1 saturated heterocycles. The lowest BCUT2D eigenvalue weighted by Gasteiger charge is -2.20. The lowest BCUT2D eigenvalue weighted by molar-refractivity contribution is 0.0767. The summed E-state index contributed by atoms with van der Waals surface area (Å²) in [5.41, 5.74) is 4.00. The second-order valence-corrected chi connectivity index (χ2v) is 9.57. The van der Waals surface area contributed by atoms with Gasteiger partial charge in [0.1, 0.15) is 0 Å². The smallest absolute Gasteiger partial charge is 0.253 e. The SMILES string of the molecule is O=C(c1ccc2ncsc2c1)N1CCC(c2ccccc2)S(=O)(=O)CC1. The van der Waals surface area contributed by atoms with Gasteiger partial charge in [-0.1, -0.05) is 30.3 Å². The van der Waals surface area contributed by atoms with Gasteiger partial charge in [0.15, 0.2) is 9.84 Å². The number of rotatable bonds is 2. The van der Waals surface area contributed by atoms with Crippen LogP contribution in [0.4, 0.5) is 0 Å². The quantitative estimate of drug-likeness (QED) is 0.678. The predicted molar refractivity (Wildman–Crippen MR) is 103 cm³/mol.